The first kappa shape index (κ1) is 24.2. The first-order valence-corrected chi connectivity index (χ1v) is 13.6. The van der Waals surface area contributed by atoms with Crippen molar-refractivity contribution in [3.63, 3.8) is 0 Å². The predicted molar refractivity (Wildman–Crippen MR) is 135 cm³/mol. The molecule has 3 saturated heterocycles. The van der Waals surface area contributed by atoms with Crippen LogP contribution in [-0.4, -0.2) is 77.0 Å². The quantitative estimate of drug-likeness (QED) is 0.559. The van der Waals surface area contributed by atoms with Crippen LogP contribution >= 0.6 is 0 Å². The molecule has 3 aliphatic rings. The normalized spacial score (nSPS) is 24.6. The number of aromatic nitrogens is 2. The molecule has 2 unspecified atom stereocenters. The maximum absolute atomic E-state index is 12.7. The van der Waals surface area contributed by atoms with Gasteiger partial charge in [0, 0.05) is 64.0 Å². The topological polar surface area (TPSA) is 64.6 Å². The van der Waals surface area contributed by atoms with Crippen molar-refractivity contribution in [2.24, 2.45) is 0 Å². The largest absolute Gasteiger partial charge is 0.356 e. The molecule has 1 aromatic heterocycles. The third-order valence-electron chi connectivity index (χ3n) is 7.63. The molecule has 4 heterocycles. The van der Waals surface area contributed by atoms with Crippen molar-refractivity contribution < 1.29 is 4.79 Å². The van der Waals surface area contributed by atoms with Crippen LogP contribution < -0.4 is 10.2 Å². The molecule has 1 N–H and O–H groups in total. The van der Waals surface area contributed by atoms with Crippen LogP contribution in [0.4, 0.5) is 11.8 Å². The predicted octanol–water partition coefficient (Wildman–Crippen LogP) is 4.30. The fraction of sp³-hybridized carbons (Fsp3) is 0.808. The number of carbonyl (C=O) groups is 1. The summed E-state index contributed by atoms with van der Waals surface area (Å²) >= 11 is 0. The van der Waals surface area contributed by atoms with Crippen molar-refractivity contribution in [2.45, 2.75) is 96.1 Å². The second-order valence-electron chi connectivity index (χ2n) is 10.2. The van der Waals surface area contributed by atoms with Crippen molar-refractivity contribution >= 4 is 17.7 Å². The van der Waals surface area contributed by atoms with E-state index in [1.54, 1.807) is 0 Å². The number of hydrogen-bond acceptors (Lipinski definition) is 6. The average Bonchev–Trinajstić information content (AvgIpc) is 3.13. The van der Waals surface area contributed by atoms with E-state index in [0.717, 1.165) is 76.7 Å². The van der Waals surface area contributed by atoms with Gasteiger partial charge in [0.25, 0.3) is 0 Å². The summed E-state index contributed by atoms with van der Waals surface area (Å²) in [5.74, 6) is 2.18. The molecule has 0 radical (unpaired) electrons. The number of rotatable bonds is 9. The fourth-order valence-electron chi connectivity index (χ4n) is 5.65. The van der Waals surface area contributed by atoms with Gasteiger partial charge in [0.2, 0.25) is 11.9 Å². The van der Waals surface area contributed by atoms with E-state index in [-0.39, 0.29) is 0 Å². The van der Waals surface area contributed by atoms with Gasteiger partial charge in [-0.2, -0.15) is 4.98 Å². The molecular weight excluding hydrogens is 412 g/mol. The Morgan fingerprint density at radius 3 is 2.67 bits per heavy atom. The Morgan fingerprint density at radius 1 is 1.00 bits per heavy atom. The van der Waals surface area contributed by atoms with E-state index in [1.165, 1.54) is 51.4 Å². The molecular formula is C26H44N6O. The highest BCUT2D eigenvalue weighted by Crippen LogP contribution is 2.24. The number of anilines is 2. The van der Waals surface area contributed by atoms with E-state index < -0.39 is 0 Å². The van der Waals surface area contributed by atoms with Crippen LogP contribution in [0.2, 0.25) is 0 Å². The van der Waals surface area contributed by atoms with Crippen LogP contribution in [0.3, 0.4) is 0 Å². The Kier molecular flexibility index (Phi) is 9.21. The highest BCUT2D eigenvalue weighted by molar-refractivity contribution is 5.76. The van der Waals surface area contributed by atoms with Crippen LogP contribution in [0.25, 0.3) is 0 Å². The molecule has 33 heavy (non-hydrogen) atoms. The zero-order chi connectivity index (χ0) is 22.9. The first-order chi connectivity index (χ1) is 16.2. The highest BCUT2D eigenvalue weighted by atomic mass is 16.2. The van der Waals surface area contributed by atoms with E-state index >= 15 is 0 Å². The number of hydrogen-bond donors (Lipinski definition) is 1. The number of carbonyl (C=O) groups excluding carboxylic acids is 1. The molecule has 4 rings (SSSR count). The lowest BCUT2D eigenvalue weighted by atomic mass is 10.0. The molecule has 0 aliphatic carbocycles. The van der Waals surface area contributed by atoms with Gasteiger partial charge in [-0.1, -0.05) is 39.0 Å². The molecule has 7 nitrogen and oxygen atoms in total. The zero-order valence-electron chi connectivity index (χ0n) is 20.7. The molecule has 0 spiro atoms. The van der Waals surface area contributed by atoms with Gasteiger partial charge in [-0.15, -0.1) is 0 Å². The smallest absolute Gasteiger partial charge is 0.224 e. The van der Waals surface area contributed by atoms with Crippen molar-refractivity contribution in [3.8, 4) is 0 Å². The summed E-state index contributed by atoms with van der Waals surface area (Å²) in [6.07, 6.45) is 15.9. The molecule has 0 aromatic carbocycles. The van der Waals surface area contributed by atoms with Crippen LogP contribution in [0.5, 0.6) is 0 Å². The van der Waals surface area contributed by atoms with Gasteiger partial charge < -0.3 is 15.1 Å². The molecule has 1 amide bonds. The lowest BCUT2D eigenvalue weighted by Crippen LogP contribution is -2.49. The lowest BCUT2D eigenvalue weighted by Gasteiger charge is -2.37. The van der Waals surface area contributed by atoms with Crippen LogP contribution in [0.1, 0.15) is 84.0 Å². The third-order valence-corrected chi connectivity index (χ3v) is 7.63. The number of likely N-dealkylation sites (tertiary alicyclic amines) is 2. The third kappa shape index (κ3) is 7.05. The average molecular weight is 457 g/mol. The first-order valence-electron chi connectivity index (χ1n) is 13.6. The second-order valence-corrected chi connectivity index (χ2v) is 10.2. The molecule has 184 valence electrons. The Morgan fingerprint density at radius 2 is 1.85 bits per heavy atom. The number of piperidine rings is 1. The number of nitrogens with one attached hydrogen (secondary N) is 1. The van der Waals surface area contributed by atoms with Crippen molar-refractivity contribution in [3.05, 3.63) is 12.3 Å². The van der Waals surface area contributed by atoms with E-state index in [0.29, 0.717) is 18.0 Å². The summed E-state index contributed by atoms with van der Waals surface area (Å²) in [6.45, 7) is 8.36. The summed E-state index contributed by atoms with van der Waals surface area (Å²) in [6, 6.07) is 2.92. The SMILES string of the molecule is CCCCCCC(=O)N1CCCC(N2CCC(Nc3nccc(N4CCCCCC4)n3)C2)C1. The van der Waals surface area contributed by atoms with Gasteiger partial charge in [-0.05, 0) is 44.6 Å². The van der Waals surface area contributed by atoms with Crippen molar-refractivity contribution in [1.29, 1.82) is 0 Å². The Labute approximate surface area is 200 Å². The molecule has 3 aliphatic heterocycles. The summed E-state index contributed by atoms with van der Waals surface area (Å²) in [4.78, 5) is 29.2. The van der Waals surface area contributed by atoms with Crippen molar-refractivity contribution in [1.82, 2.24) is 19.8 Å². The number of unbranched alkanes of at least 4 members (excludes halogenated alkanes) is 3. The molecule has 2 atom stereocenters. The van der Waals surface area contributed by atoms with E-state index in [4.69, 9.17) is 4.98 Å². The van der Waals surface area contributed by atoms with Gasteiger partial charge in [0.05, 0.1) is 0 Å². The maximum atomic E-state index is 12.7. The monoisotopic (exact) mass is 456 g/mol. The van der Waals surface area contributed by atoms with E-state index in [9.17, 15) is 4.79 Å². The fourth-order valence-corrected chi connectivity index (χ4v) is 5.65. The van der Waals surface area contributed by atoms with Crippen LogP contribution in [0, 0.1) is 0 Å². The molecule has 0 saturated carbocycles. The Hall–Kier alpha value is -1.89. The summed E-state index contributed by atoms with van der Waals surface area (Å²) < 4.78 is 0. The Balaban J connectivity index is 1.25. The van der Waals surface area contributed by atoms with Gasteiger partial charge in [-0.25, -0.2) is 4.98 Å². The molecule has 0 bridgehead atoms. The van der Waals surface area contributed by atoms with Crippen LogP contribution in [-0.2, 0) is 4.79 Å². The van der Waals surface area contributed by atoms with Gasteiger partial charge in [0.15, 0.2) is 0 Å². The van der Waals surface area contributed by atoms with Crippen molar-refractivity contribution in [2.75, 3.05) is 49.5 Å². The number of amides is 1. The lowest BCUT2D eigenvalue weighted by molar-refractivity contribution is -0.133. The maximum Gasteiger partial charge on any atom is 0.224 e. The van der Waals surface area contributed by atoms with Crippen LogP contribution in [0.15, 0.2) is 12.3 Å². The minimum Gasteiger partial charge on any atom is -0.356 e. The molecule has 7 heteroatoms. The van der Waals surface area contributed by atoms with Gasteiger partial charge in [-0.3, -0.25) is 9.69 Å². The molecule has 3 fully saturated rings. The summed E-state index contributed by atoms with van der Waals surface area (Å²) in [5, 5.41) is 3.61. The van der Waals surface area contributed by atoms with Gasteiger partial charge >= 0.3 is 0 Å². The molecule has 1 aromatic rings. The second kappa shape index (κ2) is 12.5. The summed E-state index contributed by atoms with van der Waals surface area (Å²) in [5.41, 5.74) is 0. The number of nitrogens with zero attached hydrogens (tertiary/aromatic N) is 5. The van der Waals surface area contributed by atoms with Gasteiger partial charge in [0.1, 0.15) is 5.82 Å². The van der Waals surface area contributed by atoms with E-state index in [2.05, 4.69) is 31.9 Å². The summed E-state index contributed by atoms with van der Waals surface area (Å²) in [7, 11) is 0. The zero-order valence-corrected chi connectivity index (χ0v) is 20.7. The minimum atomic E-state index is 0.364. The van der Waals surface area contributed by atoms with E-state index in [1.807, 2.05) is 12.3 Å². The Bertz CT molecular complexity index is 735. The highest BCUT2D eigenvalue weighted by Gasteiger charge is 2.32. The minimum absolute atomic E-state index is 0.364. The standard InChI is InChI=1S/C26H44N6O/c1-2-3-4-7-12-25(33)32-18-10-11-23(21-32)31-19-14-22(20-31)28-26-27-15-13-24(29-26)30-16-8-5-6-9-17-30/h13,15,22-23H,2-12,14,16-21H2,1H3,(H,27,28,29).